The number of anilines is 1. The highest BCUT2D eigenvalue weighted by molar-refractivity contribution is 8.18. The van der Waals surface area contributed by atoms with Crippen LogP contribution >= 0.6 is 11.8 Å². The van der Waals surface area contributed by atoms with Gasteiger partial charge in [0.25, 0.3) is 11.1 Å². The number of fused-ring (bicyclic) bond motifs is 1. The summed E-state index contributed by atoms with van der Waals surface area (Å²) in [5.41, 5.74) is 7.37. The van der Waals surface area contributed by atoms with Gasteiger partial charge < -0.3 is 15.6 Å². The molecule has 0 aliphatic carbocycles. The number of primary amides is 1. The molecule has 3 aromatic rings. The summed E-state index contributed by atoms with van der Waals surface area (Å²) in [6.07, 6.45) is 3.31. The molecule has 3 N–H and O–H groups in total. The second-order valence-electron chi connectivity index (χ2n) is 6.88. The molecule has 0 saturated carbocycles. The zero-order valence-electron chi connectivity index (χ0n) is 16.3. The molecule has 1 aromatic heterocycles. The summed E-state index contributed by atoms with van der Waals surface area (Å²) in [5.74, 6) is -1.49. The molecule has 1 aliphatic rings. The molecule has 9 heteroatoms. The van der Waals surface area contributed by atoms with E-state index in [4.69, 9.17) is 5.73 Å². The molecule has 1 aliphatic heterocycles. The van der Waals surface area contributed by atoms with Gasteiger partial charge in [-0.2, -0.15) is 0 Å². The molecular weight excluding hydrogens is 416 g/mol. The van der Waals surface area contributed by atoms with E-state index in [2.05, 4.69) is 5.32 Å². The zero-order valence-corrected chi connectivity index (χ0v) is 17.1. The van der Waals surface area contributed by atoms with E-state index < -0.39 is 23.0 Å². The number of rotatable bonds is 6. The fourth-order valence-corrected chi connectivity index (χ4v) is 4.16. The maximum Gasteiger partial charge on any atom is 0.294 e. The Hall–Kier alpha value is -3.85. The highest BCUT2D eigenvalue weighted by Gasteiger charge is 2.36. The lowest BCUT2D eigenvalue weighted by atomic mass is 10.1. The third-order valence-corrected chi connectivity index (χ3v) is 5.57. The lowest BCUT2D eigenvalue weighted by Gasteiger charge is -2.12. The van der Waals surface area contributed by atoms with Crippen molar-refractivity contribution < 1.29 is 19.2 Å². The number of benzene rings is 2. The van der Waals surface area contributed by atoms with Crippen molar-refractivity contribution in [3.05, 3.63) is 71.3 Å². The Kier molecular flexibility index (Phi) is 5.59. The van der Waals surface area contributed by atoms with E-state index in [1.54, 1.807) is 41.1 Å². The molecule has 4 amide bonds. The van der Waals surface area contributed by atoms with E-state index in [0.29, 0.717) is 11.3 Å². The molecule has 0 unspecified atom stereocenters. The summed E-state index contributed by atoms with van der Waals surface area (Å²) < 4.78 is 1.70. The summed E-state index contributed by atoms with van der Waals surface area (Å²) in [4.78, 5) is 49.9. The van der Waals surface area contributed by atoms with Crippen LogP contribution in [-0.2, 0) is 20.9 Å². The minimum Gasteiger partial charge on any atom is -0.368 e. The minimum absolute atomic E-state index is 0.00448. The van der Waals surface area contributed by atoms with E-state index in [9.17, 15) is 19.2 Å². The maximum atomic E-state index is 12.8. The van der Waals surface area contributed by atoms with Gasteiger partial charge in [-0.1, -0.05) is 36.4 Å². The Labute approximate surface area is 181 Å². The number of nitrogens with zero attached hydrogens (tertiary/aromatic N) is 2. The molecule has 1 saturated heterocycles. The van der Waals surface area contributed by atoms with Crippen LogP contribution in [0.3, 0.4) is 0 Å². The number of carbonyl (C=O) groups excluding carboxylic acids is 4. The van der Waals surface area contributed by atoms with Gasteiger partial charge in [-0.15, -0.1) is 0 Å². The second-order valence-corrected chi connectivity index (χ2v) is 7.87. The number of aromatic nitrogens is 1. The van der Waals surface area contributed by atoms with E-state index in [1.807, 2.05) is 30.3 Å². The van der Waals surface area contributed by atoms with Crippen LogP contribution in [0.2, 0.25) is 0 Å². The standard InChI is InChI=1S/C22H18N4O4S/c23-19(27)12-25-11-14(16-8-4-5-9-17(16)25)10-18-21(29)26(22(30)31-18)13-20(28)24-15-6-2-1-3-7-15/h1-11H,12-13H2,(H2,23,27)(H,24,28)/b18-10-. The Morgan fingerprint density at radius 2 is 1.71 bits per heavy atom. The summed E-state index contributed by atoms with van der Waals surface area (Å²) in [6, 6.07) is 16.2. The quantitative estimate of drug-likeness (QED) is 0.579. The summed E-state index contributed by atoms with van der Waals surface area (Å²) in [5, 5.41) is 2.96. The largest absolute Gasteiger partial charge is 0.368 e. The molecular formula is C22H18N4O4S. The normalized spacial score (nSPS) is 15.1. The van der Waals surface area contributed by atoms with Crippen molar-refractivity contribution in [2.45, 2.75) is 6.54 Å². The average molecular weight is 434 g/mol. The van der Waals surface area contributed by atoms with Gasteiger partial charge in [0.15, 0.2) is 0 Å². The molecule has 31 heavy (non-hydrogen) atoms. The van der Waals surface area contributed by atoms with Crippen molar-refractivity contribution in [1.29, 1.82) is 0 Å². The number of nitrogens with two attached hydrogens (primary N) is 1. The topological polar surface area (TPSA) is 114 Å². The SMILES string of the molecule is NC(=O)Cn1cc(/C=C2\SC(=O)N(CC(=O)Nc3ccccc3)C2=O)c2ccccc21. The third kappa shape index (κ3) is 4.36. The fourth-order valence-electron chi connectivity index (χ4n) is 3.33. The number of carbonyl (C=O) groups is 4. The molecule has 156 valence electrons. The highest BCUT2D eigenvalue weighted by atomic mass is 32.2. The molecule has 4 rings (SSSR count). The number of nitrogens with one attached hydrogen (secondary N) is 1. The predicted molar refractivity (Wildman–Crippen MR) is 119 cm³/mol. The van der Waals surface area contributed by atoms with Crippen LogP contribution in [0.4, 0.5) is 10.5 Å². The van der Waals surface area contributed by atoms with Crippen LogP contribution in [0.5, 0.6) is 0 Å². The van der Waals surface area contributed by atoms with Gasteiger partial charge in [0, 0.05) is 28.4 Å². The van der Waals surface area contributed by atoms with E-state index in [0.717, 1.165) is 27.6 Å². The zero-order chi connectivity index (χ0) is 22.0. The van der Waals surface area contributed by atoms with Crippen molar-refractivity contribution in [1.82, 2.24) is 9.47 Å². The third-order valence-electron chi connectivity index (χ3n) is 4.67. The van der Waals surface area contributed by atoms with Crippen molar-refractivity contribution in [3.8, 4) is 0 Å². The predicted octanol–water partition coefficient (Wildman–Crippen LogP) is 2.80. The van der Waals surface area contributed by atoms with E-state index in [-0.39, 0.29) is 18.0 Å². The molecule has 0 spiro atoms. The minimum atomic E-state index is -0.537. The molecule has 1 fully saturated rings. The van der Waals surface area contributed by atoms with E-state index >= 15 is 0 Å². The number of para-hydroxylation sites is 2. The first-order chi connectivity index (χ1) is 14.9. The molecule has 2 aromatic carbocycles. The Bertz CT molecular complexity index is 1230. The van der Waals surface area contributed by atoms with Gasteiger partial charge in [-0.05, 0) is 36.0 Å². The maximum absolute atomic E-state index is 12.8. The summed E-state index contributed by atoms with van der Waals surface area (Å²) in [7, 11) is 0. The number of amides is 4. The van der Waals surface area contributed by atoms with Gasteiger partial charge in [0.05, 0.1) is 4.91 Å². The van der Waals surface area contributed by atoms with Gasteiger partial charge in [-0.25, -0.2) is 0 Å². The summed E-state index contributed by atoms with van der Waals surface area (Å²) >= 11 is 0.774. The molecule has 0 bridgehead atoms. The van der Waals surface area contributed by atoms with Crippen LogP contribution in [-0.4, -0.2) is 39.0 Å². The van der Waals surface area contributed by atoms with Crippen LogP contribution < -0.4 is 11.1 Å². The van der Waals surface area contributed by atoms with Crippen molar-refractivity contribution >= 4 is 57.4 Å². The first kappa shape index (κ1) is 20.4. The van der Waals surface area contributed by atoms with Crippen LogP contribution in [0.15, 0.2) is 65.7 Å². The molecule has 0 atom stereocenters. The Balaban J connectivity index is 1.56. The number of imide groups is 1. The van der Waals surface area contributed by atoms with Crippen molar-refractivity contribution in [2.24, 2.45) is 5.73 Å². The first-order valence-corrected chi connectivity index (χ1v) is 10.2. The van der Waals surface area contributed by atoms with Crippen molar-refractivity contribution in [3.63, 3.8) is 0 Å². The average Bonchev–Trinajstić information content (AvgIpc) is 3.21. The van der Waals surface area contributed by atoms with E-state index in [1.165, 1.54) is 0 Å². The highest BCUT2D eigenvalue weighted by Crippen LogP contribution is 2.34. The van der Waals surface area contributed by atoms with Gasteiger partial charge >= 0.3 is 0 Å². The van der Waals surface area contributed by atoms with Gasteiger partial charge in [0.2, 0.25) is 11.8 Å². The Morgan fingerprint density at radius 1 is 1.00 bits per heavy atom. The van der Waals surface area contributed by atoms with Crippen LogP contribution in [0.1, 0.15) is 5.56 Å². The lowest BCUT2D eigenvalue weighted by molar-refractivity contribution is -0.127. The molecule has 2 heterocycles. The first-order valence-electron chi connectivity index (χ1n) is 9.39. The van der Waals surface area contributed by atoms with Crippen LogP contribution in [0.25, 0.3) is 17.0 Å². The monoisotopic (exact) mass is 434 g/mol. The number of hydrogen-bond acceptors (Lipinski definition) is 5. The number of hydrogen-bond donors (Lipinski definition) is 2. The van der Waals surface area contributed by atoms with Gasteiger partial charge in [0.1, 0.15) is 13.1 Å². The van der Waals surface area contributed by atoms with Gasteiger partial charge in [-0.3, -0.25) is 24.1 Å². The second kappa shape index (κ2) is 8.49. The lowest BCUT2D eigenvalue weighted by Crippen LogP contribution is -2.36. The number of thioether (sulfide) groups is 1. The smallest absolute Gasteiger partial charge is 0.294 e. The Morgan fingerprint density at radius 3 is 2.45 bits per heavy atom. The fraction of sp³-hybridized carbons (Fsp3) is 0.0909. The summed E-state index contributed by atoms with van der Waals surface area (Å²) in [6.45, 7) is -0.379. The van der Waals surface area contributed by atoms with Crippen LogP contribution in [0, 0.1) is 0 Å². The molecule has 8 nitrogen and oxygen atoms in total. The van der Waals surface area contributed by atoms with Crippen molar-refractivity contribution in [2.75, 3.05) is 11.9 Å². The molecule has 0 radical (unpaired) electrons.